The van der Waals surface area contributed by atoms with Crippen LogP contribution in [0.25, 0.3) is 37.9 Å². The van der Waals surface area contributed by atoms with Crippen molar-refractivity contribution >= 4 is 49.1 Å². The minimum atomic E-state index is -0.232. The van der Waals surface area contributed by atoms with Gasteiger partial charge in [0.15, 0.2) is 5.13 Å². The number of carbonyl (C=O) groups excluding carboxylic acids is 1. The zero-order valence-electron chi connectivity index (χ0n) is 19.4. The number of para-hydroxylation sites is 1. The molecule has 0 fully saturated rings. The molecule has 0 atom stereocenters. The molecule has 0 radical (unpaired) electrons. The summed E-state index contributed by atoms with van der Waals surface area (Å²) in [5, 5.41) is 4.48. The molecule has 5 aromatic rings. The van der Waals surface area contributed by atoms with Crippen LogP contribution in [0.1, 0.15) is 23.6 Å². The molecular weight excluding hydrogens is 444 g/mol. The topological polar surface area (TPSA) is 64.4 Å². The van der Waals surface area contributed by atoms with Crippen LogP contribution in [0.4, 0.5) is 5.13 Å². The maximum absolute atomic E-state index is 12.9. The summed E-state index contributed by atoms with van der Waals surface area (Å²) < 4.78 is 12.7. The normalized spacial score (nSPS) is 11.8. The van der Waals surface area contributed by atoms with Gasteiger partial charge in [-0.05, 0) is 49.6 Å². The summed E-state index contributed by atoms with van der Waals surface area (Å²) in [6, 6.07) is 18.2. The Morgan fingerprint density at radius 1 is 1.12 bits per heavy atom. The first-order chi connectivity index (χ1) is 16.5. The molecule has 6 heteroatoms. The van der Waals surface area contributed by atoms with Crippen molar-refractivity contribution in [2.24, 2.45) is 0 Å². The second-order valence-electron chi connectivity index (χ2n) is 8.23. The molecule has 34 heavy (non-hydrogen) atoms. The summed E-state index contributed by atoms with van der Waals surface area (Å²) in [6.07, 6.45) is 3.36. The molecule has 1 amide bonds. The average Bonchev–Trinajstić information content (AvgIpc) is 3.44. The minimum Gasteiger partial charge on any atom is -0.496 e. The molecule has 0 saturated heterocycles. The number of hydrogen-bond acceptors (Lipinski definition) is 5. The van der Waals surface area contributed by atoms with E-state index in [0.717, 1.165) is 54.6 Å². The molecule has 0 unspecified atom stereocenters. The number of allylic oxidation sites excluding steroid dienone is 1. The van der Waals surface area contributed by atoms with Gasteiger partial charge >= 0.3 is 0 Å². The summed E-state index contributed by atoms with van der Waals surface area (Å²) in [6.45, 7) is 5.90. The van der Waals surface area contributed by atoms with Gasteiger partial charge in [0.25, 0.3) is 0 Å². The largest absolute Gasteiger partial charge is 0.496 e. The van der Waals surface area contributed by atoms with Crippen LogP contribution in [-0.2, 0) is 4.79 Å². The number of methoxy groups -OCH3 is 1. The van der Waals surface area contributed by atoms with Gasteiger partial charge in [0.2, 0.25) is 5.91 Å². The quantitative estimate of drug-likeness (QED) is 0.273. The third-order valence-electron chi connectivity index (χ3n) is 5.96. The molecule has 5 rings (SSSR count). The zero-order valence-corrected chi connectivity index (χ0v) is 20.2. The van der Waals surface area contributed by atoms with Gasteiger partial charge in [-0.1, -0.05) is 53.8 Å². The minimum absolute atomic E-state index is 0.232. The Kier molecular flexibility index (Phi) is 5.67. The van der Waals surface area contributed by atoms with Crippen LogP contribution < -0.4 is 10.1 Å². The number of aryl methyl sites for hydroxylation is 2. The van der Waals surface area contributed by atoms with Crippen LogP contribution in [0, 0.1) is 13.8 Å². The second-order valence-corrected chi connectivity index (χ2v) is 9.26. The first kappa shape index (κ1) is 21.9. The number of thiazole rings is 1. The molecule has 2 heterocycles. The van der Waals surface area contributed by atoms with Crippen LogP contribution >= 0.6 is 11.3 Å². The summed E-state index contributed by atoms with van der Waals surface area (Å²) in [4.78, 5) is 17.4. The van der Waals surface area contributed by atoms with E-state index in [0.29, 0.717) is 10.9 Å². The summed E-state index contributed by atoms with van der Waals surface area (Å²) in [7, 11) is 1.63. The summed E-state index contributed by atoms with van der Waals surface area (Å²) >= 11 is 1.47. The van der Waals surface area contributed by atoms with E-state index in [2.05, 4.69) is 22.4 Å². The van der Waals surface area contributed by atoms with Gasteiger partial charge in [-0.25, -0.2) is 4.98 Å². The monoisotopic (exact) mass is 468 g/mol. The van der Waals surface area contributed by atoms with Crippen molar-refractivity contribution in [3.63, 3.8) is 0 Å². The van der Waals surface area contributed by atoms with E-state index in [1.165, 1.54) is 11.3 Å². The third-order valence-corrected chi connectivity index (χ3v) is 6.89. The van der Waals surface area contributed by atoms with Crippen molar-refractivity contribution in [1.82, 2.24) is 4.98 Å². The number of furan rings is 1. The van der Waals surface area contributed by atoms with Crippen LogP contribution in [-0.4, -0.2) is 18.0 Å². The average molecular weight is 469 g/mol. The number of benzene rings is 3. The Balaban J connectivity index is 1.52. The highest BCUT2D eigenvalue weighted by Crippen LogP contribution is 2.40. The van der Waals surface area contributed by atoms with Crippen LogP contribution in [0.2, 0.25) is 0 Å². The number of aromatic nitrogens is 1. The first-order valence-corrected chi connectivity index (χ1v) is 11.8. The molecule has 1 N–H and O–H groups in total. The highest BCUT2D eigenvalue weighted by Gasteiger charge is 2.19. The number of ether oxygens (including phenoxy) is 1. The predicted octanol–water partition coefficient (Wildman–Crippen LogP) is 7.38. The molecule has 0 aliphatic heterocycles. The van der Waals surface area contributed by atoms with Gasteiger partial charge in [0, 0.05) is 28.2 Å². The predicted molar refractivity (Wildman–Crippen MR) is 140 cm³/mol. The number of carbonyl (C=O) groups is 1. The molecule has 5 nitrogen and oxygen atoms in total. The Morgan fingerprint density at radius 2 is 1.91 bits per heavy atom. The fourth-order valence-corrected chi connectivity index (χ4v) is 5.22. The molecule has 2 aromatic heterocycles. The SMILES string of the molecule is COc1c(/C(C)=C/C(=O)Nc2nc3c(C)cccc3s2)cc2c(-c3ccccc3)coc2c1C. The van der Waals surface area contributed by atoms with Gasteiger partial charge in [0.1, 0.15) is 11.3 Å². The second kappa shape index (κ2) is 8.80. The first-order valence-electron chi connectivity index (χ1n) is 11.0. The number of anilines is 1. The number of rotatable bonds is 5. The van der Waals surface area contributed by atoms with Gasteiger partial charge in [0.05, 0.1) is 23.6 Å². The fraction of sp³-hybridized carbons (Fsp3) is 0.143. The van der Waals surface area contributed by atoms with Crippen molar-refractivity contribution < 1.29 is 13.9 Å². The molecule has 0 saturated carbocycles. The van der Waals surface area contributed by atoms with Crippen molar-refractivity contribution in [3.8, 4) is 16.9 Å². The van der Waals surface area contributed by atoms with Crippen LogP contribution in [0.15, 0.2) is 71.4 Å². The Labute approximate surface area is 201 Å². The summed E-state index contributed by atoms with van der Waals surface area (Å²) in [5.41, 5.74) is 7.39. The zero-order chi connectivity index (χ0) is 23.8. The van der Waals surface area contributed by atoms with Crippen LogP contribution in [0.5, 0.6) is 5.75 Å². The van der Waals surface area contributed by atoms with Gasteiger partial charge in [-0.3, -0.25) is 10.1 Å². The molecular formula is C28H24N2O3S. The maximum atomic E-state index is 12.9. The lowest BCUT2D eigenvalue weighted by atomic mass is 9.96. The fourth-order valence-electron chi connectivity index (χ4n) is 4.27. The Bertz CT molecular complexity index is 1560. The molecule has 0 aliphatic carbocycles. The Morgan fingerprint density at radius 3 is 2.65 bits per heavy atom. The molecule has 3 aromatic carbocycles. The lowest BCUT2D eigenvalue weighted by Gasteiger charge is -2.13. The lowest BCUT2D eigenvalue weighted by molar-refractivity contribution is -0.111. The lowest BCUT2D eigenvalue weighted by Crippen LogP contribution is -2.08. The van der Waals surface area contributed by atoms with E-state index in [-0.39, 0.29) is 5.91 Å². The van der Waals surface area contributed by atoms with Gasteiger partial charge < -0.3 is 9.15 Å². The molecule has 0 aliphatic rings. The number of nitrogens with one attached hydrogen (secondary N) is 1. The number of nitrogens with zero attached hydrogens (tertiary/aromatic N) is 1. The van der Waals surface area contributed by atoms with Crippen molar-refractivity contribution in [2.75, 3.05) is 12.4 Å². The maximum Gasteiger partial charge on any atom is 0.250 e. The van der Waals surface area contributed by atoms with E-state index in [9.17, 15) is 4.79 Å². The number of amides is 1. The van der Waals surface area contributed by atoms with Crippen LogP contribution in [0.3, 0.4) is 0 Å². The van der Waals surface area contributed by atoms with E-state index in [1.807, 2.05) is 63.2 Å². The molecule has 0 spiro atoms. The highest BCUT2D eigenvalue weighted by molar-refractivity contribution is 7.22. The van der Waals surface area contributed by atoms with Crippen molar-refractivity contribution in [2.45, 2.75) is 20.8 Å². The smallest absolute Gasteiger partial charge is 0.250 e. The highest BCUT2D eigenvalue weighted by atomic mass is 32.1. The molecule has 0 bridgehead atoms. The van der Waals surface area contributed by atoms with Crippen molar-refractivity contribution in [1.29, 1.82) is 0 Å². The van der Waals surface area contributed by atoms with Gasteiger partial charge in [-0.15, -0.1) is 0 Å². The standard InChI is InChI=1S/C28H24N2O3S/c1-16-9-8-12-23-25(16)30-28(34-23)29-24(31)13-17(2)20-14-21-22(19-10-6-5-7-11-19)15-33-27(21)18(3)26(20)32-4/h5-15H,1-4H3,(H,29,30,31)/b17-13+. The number of hydrogen-bond donors (Lipinski definition) is 1. The van der Waals surface area contributed by atoms with E-state index in [4.69, 9.17) is 9.15 Å². The molecule has 170 valence electrons. The van der Waals surface area contributed by atoms with E-state index in [1.54, 1.807) is 19.4 Å². The third kappa shape index (κ3) is 3.86. The van der Waals surface area contributed by atoms with E-state index >= 15 is 0 Å². The van der Waals surface area contributed by atoms with E-state index < -0.39 is 0 Å². The Hall–Kier alpha value is -3.90. The number of fused-ring (bicyclic) bond motifs is 2. The summed E-state index contributed by atoms with van der Waals surface area (Å²) in [5.74, 6) is 0.461. The van der Waals surface area contributed by atoms with Gasteiger partial charge in [-0.2, -0.15) is 0 Å². The van der Waals surface area contributed by atoms with Crippen molar-refractivity contribution in [3.05, 3.63) is 83.6 Å².